The number of pyridine rings is 1. The Morgan fingerprint density at radius 2 is 1.62 bits per heavy atom. The standard InChI is InChI=1S/C27H30ClN3O/c28-23-11-9-22(10-12-23)26(25-8-4-5-15-29-25)31-20-27(21-31)13-16-30(17-14-27)18-19-32-24-6-2-1-3-7-24/h1-12,15,26H,13-14,16-21H2/t26-/m1/s1. The summed E-state index contributed by atoms with van der Waals surface area (Å²) in [6, 6.07) is 24.7. The number of benzene rings is 2. The van der Waals surface area contributed by atoms with Crippen LogP contribution in [-0.4, -0.2) is 54.1 Å². The molecule has 0 saturated carbocycles. The first kappa shape index (κ1) is 21.4. The van der Waals surface area contributed by atoms with Crippen molar-refractivity contribution < 1.29 is 4.74 Å². The lowest BCUT2D eigenvalue weighted by molar-refractivity contribution is -0.0640. The van der Waals surface area contributed by atoms with Gasteiger partial charge in [0.1, 0.15) is 12.4 Å². The smallest absolute Gasteiger partial charge is 0.119 e. The molecule has 5 rings (SSSR count). The van der Waals surface area contributed by atoms with Gasteiger partial charge in [0.15, 0.2) is 0 Å². The highest BCUT2D eigenvalue weighted by Gasteiger charge is 2.47. The Labute approximate surface area is 195 Å². The molecular formula is C27H30ClN3O. The van der Waals surface area contributed by atoms with Crippen LogP contribution in [0.1, 0.15) is 30.1 Å². The van der Waals surface area contributed by atoms with E-state index in [0.29, 0.717) is 5.41 Å². The normalized spacial score (nSPS) is 19.4. The van der Waals surface area contributed by atoms with Crippen molar-refractivity contribution in [1.29, 1.82) is 0 Å². The summed E-state index contributed by atoms with van der Waals surface area (Å²) in [5.74, 6) is 0.957. The second kappa shape index (κ2) is 9.62. The van der Waals surface area contributed by atoms with E-state index < -0.39 is 0 Å². The Morgan fingerprint density at radius 3 is 2.31 bits per heavy atom. The second-order valence-electron chi connectivity index (χ2n) is 9.12. The lowest BCUT2D eigenvalue weighted by atomic mass is 9.70. The van der Waals surface area contributed by atoms with E-state index in [1.807, 2.05) is 54.7 Å². The van der Waals surface area contributed by atoms with Crippen molar-refractivity contribution in [2.24, 2.45) is 5.41 Å². The molecule has 5 heteroatoms. The quantitative estimate of drug-likeness (QED) is 0.491. The molecule has 3 heterocycles. The van der Waals surface area contributed by atoms with E-state index in [1.165, 1.54) is 18.4 Å². The Kier molecular flexibility index (Phi) is 6.44. The predicted molar refractivity (Wildman–Crippen MR) is 129 cm³/mol. The summed E-state index contributed by atoms with van der Waals surface area (Å²) in [6.45, 7) is 6.32. The zero-order valence-corrected chi connectivity index (χ0v) is 19.1. The van der Waals surface area contributed by atoms with Gasteiger partial charge in [0, 0.05) is 30.9 Å². The van der Waals surface area contributed by atoms with Crippen molar-refractivity contribution in [2.75, 3.05) is 39.3 Å². The molecule has 3 aromatic rings. The van der Waals surface area contributed by atoms with Gasteiger partial charge in [-0.05, 0) is 73.3 Å². The summed E-state index contributed by atoms with van der Waals surface area (Å²) in [5.41, 5.74) is 2.81. The molecule has 1 atom stereocenters. The summed E-state index contributed by atoms with van der Waals surface area (Å²) in [5, 5.41) is 0.775. The van der Waals surface area contributed by atoms with Crippen LogP contribution in [0, 0.1) is 5.41 Å². The molecular weight excluding hydrogens is 418 g/mol. The average molecular weight is 448 g/mol. The van der Waals surface area contributed by atoms with Gasteiger partial charge in [-0.1, -0.05) is 48.0 Å². The number of aromatic nitrogens is 1. The molecule has 0 amide bonds. The first-order valence-corrected chi connectivity index (χ1v) is 11.9. The lowest BCUT2D eigenvalue weighted by Gasteiger charge is -2.56. The predicted octanol–water partition coefficient (Wildman–Crippen LogP) is 5.30. The number of hydrogen-bond donors (Lipinski definition) is 0. The van der Waals surface area contributed by atoms with Crippen molar-refractivity contribution >= 4 is 11.6 Å². The van der Waals surface area contributed by atoms with Crippen LogP contribution in [0.15, 0.2) is 79.0 Å². The van der Waals surface area contributed by atoms with Gasteiger partial charge in [-0.15, -0.1) is 0 Å². The van der Waals surface area contributed by atoms with Gasteiger partial charge in [0.25, 0.3) is 0 Å². The number of nitrogens with zero attached hydrogens (tertiary/aromatic N) is 3. The average Bonchev–Trinajstić information content (AvgIpc) is 2.82. The fourth-order valence-corrected chi connectivity index (χ4v) is 5.25. The molecule has 0 N–H and O–H groups in total. The SMILES string of the molecule is Clc1ccc([C@H](c2ccccn2)N2CC3(CCN(CCOc4ccccc4)CC3)C2)cc1. The van der Waals surface area contributed by atoms with Crippen molar-refractivity contribution in [1.82, 2.24) is 14.8 Å². The summed E-state index contributed by atoms with van der Waals surface area (Å²) in [6.07, 6.45) is 4.40. The molecule has 0 aliphatic carbocycles. The molecule has 32 heavy (non-hydrogen) atoms. The largest absolute Gasteiger partial charge is 0.492 e. The molecule has 2 aromatic carbocycles. The van der Waals surface area contributed by atoms with Crippen LogP contribution in [0.5, 0.6) is 5.75 Å². The maximum absolute atomic E-state index is 6.15. The van der Waals surface area contributed by atoms with E-state index >= 15 is 0 Å². The first-order valence-electron chi connectivity index (χ1n) is 11.5. The first-order chi connectivity index (χ1) is 15.7. The van der Waals surface area contributed by atoms with Crippen LogP contribution < -0.4 is 4.74 Å². The van der Waals surface area contributed by atoms with Crippen LogP contribution in [0.3, 0.4) is 0 Å². The van der Waals surface area contributed by atoms with Gasteiger partial charge in [-0.25, -0.2) is 0 Å². The van der Waals surface area contributed by atoms with Gasteiger partial charge in [0.05, 0.1) is 11.7 Å². The molecule has 2 aliphatic rings. The molecule has 166 valence electrons. The van der Waals surface area contributed by atoms with Crippen molar-refractivity contribution in [3.05, 3.63) is 95.3 Å². The molecule has 1 spiro atoms. The zero-order chi connectivity index (χ0) is 21.8. The molecule has 0 radical (unpaired) electrons. The minimum absolute atomic E-state index is 0.191. The second-order valence-corrected chi connectivity index (χ2v) is 9.55. The van der Waals surface area contributed by atoms with Gasteiger partial charge in [-0.3, -0.25) is 14.8 Å². The van der Waals surface area contributed by atoms with Gasteiger partial charge in [-0.2, -0.15) is 0 Å². The number of hydrogen-bond acceptors (Lipinski definition) is 4. The van der Waals surface area contributed by atoms with Gasteiger partial charge in [0.2, 0.25) is 0 Å². The van der Waals surface area contributed by atoms with E-state index in [-0.39, 0.29) is 6.04 Å². The van der Waals surface area contributed by atoms with Crippen LogP contribution in [0.25, 0.3) is 0 Å². The fourth-order valence-electron chi connectivity index (χ4n) is 5.13. The van der Waals surface area contributed by atoms with Gasteiger partial charge >= 0.3 is 0 Å². The number of rotatable bonds is 7. The lowest BCUT2D eigenvalue weighted by Crippen LogP contribution is -2.61. The number of ether oxygens (including phenoxy) is 1. The Bertz CT molecular complexity index is 980. The Hall–Kier alpha value is -2.40. The number of para-hydroxylation sites is 1. The van der Waals surface area contributed by atoms with Crippen molar-refractivity contribution in [3.8, 4) is 5.75 Å². The zero-order valence-electron chi connectivity index (χ0n) is 18.4. The maximum atomic E-state index is 6.15. The molecule has 2 fully saturated rings. The summed E-state index contributed by atoms with van der Waals surface area (Å²) < 4.78 is 5.89. The van der Waals surface area contributed by atoms with E-state index in [2.05, 4.69) is 39.0 Å². The van der Waals surface area contributed by atoms with Crippen LogP contribution in [0.4, 0.5) is 0 Å². The molecule has 4 nitrogen and oxygen atoms in total. The van der Waals surface area contributed by atoms with Crippen LogP contribution >= 0.6 is 11.6 Å². The van der Waals surface area contributed by atoms with E-state index in [1.54, 1.807) is 0 Å². The highest BCUT2D eigenvalue weighted by atomic mass is 35.5. The highest BCUT2D eigenvalue weighted by molar-refractivity contribution is 6.30. The fraction of sp³-hybridized carbons (Fsp3) is 0.370. The molecule has 2 saturated heterocycles. The van der Waals surface area contributed by atoms with Gasteiger partial charge < -0.3 is 4.74 Å². The monoisotopic (exact) mass is 447 g/mol. The van der Waals surface area contributed by atoms with Crippen LogP contribution in [0.2, 0.25) is 5.02 Å². The highest BCUT2D eigenvalue weighted by Crippen LogP contribution is 2.45. The van der Waals surface area contributed by atoms with E-state index in [9.17, 15) is 0 Å². The topological polar surface area (TPSA) is 28.6 Å². The summed E-state index contributed by atoms with van der Waals surface area (Å²) in [4.78, 5) is 9.82. The summed E-state index contributed by atoms with van der Waals surface area (Å²) >= 11 is 6.15. The number of likely N-dealkylation sites (tertiary alicyclic amines) is 2. The molecule has 1 aromatic heterocycles. The maximum Gasteiger partial charge on any atom is 0.119 e. The number of piperidine rings is 1. The minimum atomic E-state index is 0.191. The van der Waals surface area contributed by atoms with Crippen molar-refractivity contribution in [3.63, 3.8) is 0 Å². The third kappa shape index (κ3) is 4.83. The Balaban J connectivity index is 1.17. The van der Waals surface area contributed by atoms with Crippen LogP contribution in [-0.2, 0) is 0 Å². The molecule has 0 unspecified atom stereocenters. The third-order valence-corrected chi connectivity index (χ3v) is 7.18. The summed E-state index contributed by atoms with van der Waals surface area (Å²) in [7, 11) is 0. The Morgan fingerprint density at radius 1 is 0.906 bits per heavy atom. The third-order valence-electron chi connectivity index (χ3n) is 6.93. The molecule has 2 aliphatic heterocycles. The van der Waals surface area contributed by atoms with E-state index in [0.717, 1.165) is 55.8 Å². The minimum Gasteiger partial charge on any atom is -0.492 e. The number of halogens is 1. The van der Waals surface area contributed by atoms with Crippen molar-refractivity contribution in [2.45, 2.75) is 18.9 Å². The van der Waals surface area contributed by atoms with E-state index in [4.69, 9.17) is 16.3 Å². The molecule has 0 bridgehead atoms.